The lowest BCUT2D eigenvalue weighted by molar-refractivity contribution is -0.0495. The molecule has 34 heavy (non-hydrogen) atoms. The van der Waals surface area contributed by atoms with Crippen molar-refractivity contribution in [2.45, 2.75) is 30.7 Å². The van der Waals surface area contributed by atoms with Crippen LogP contribution in [0.2, 0.25) is 0 Å². The standard InChI is InChI=1S/C24H31N7O2S/c1-16-7-18(9-21(8-16)34-26-2)22-11-27-23(25)24(29-22)33-20-10-28-31(13-20)19-3-5-30(6-4-19)12-17-14-32-15-17/h7-11,13,17,19,26H,3-6,12,14-15H2,1-2H3,(H2,25,27). The van der Waals surface area contributed by atoms with Gasteiger partial charge < -0.3 is 20.1 Å². The molecule has 0 aliphatic carbocycles. The summed E-state index contributed by atoms with van der Waals surface area (Å²) in [7, 11) is 1.90. The highest BCUT2D eigenvalue weighted by molar-refractivity contribution is 7.97. The summed E-state index contributed by atoms with van der Waals surface area (Å²) >= 11 is 1.56. The first-order valence-corrected chi connectivity index (χ1v) is 12.5. The van der Waals surface area contributed by atoms with Crippen LogP contribution in [0.15, 0.2) is 41.7 Å². The van der Waals surface area contributed by atoms with Gasteiger partial charge in [0.05, 0.1) is 43.5 Å². The number of piperidine rings is 1. The number of nitrogens with two attached hydrogens (primary N) is 1. The quantitative estimate of drug-likeness (QED) is 0.468. The molecule has 2 aliphatic rings. The van der Waals surface area contributed by atoms with Gasteiger partial charge in [-0.3, -0.25) is 9.40 Å². The van der Waals surface area contributed by atoms with Crippen molar-refractivity contribution in [2.24, 2.45) is 5.92 Å². The molecular formula is C24H31N7O2S. The fourth-order valence-corrected chi connectivity index (χ4v) is 5.14. The van der Waals surface area contributed by atoms with Crippen LogP contribution >= 0.6 is 11.9 Å². The number of aromatic nitrogens is 4. The maximum absolute atomic E-state index is 6.09. The van der Waals surface area contributed by atoms with Crippen LogP contribution in [0.25, 0.3) is 11.3 Å². The van der Waals surface area contributed by atoms with Gasteiger partial charge >= 0.3 is 0 Å². The van der Waals surface area contributed by atoms with Crippen LogP contribution in [0.4, 0.5) is 5.82 Å². The van der Waals surface area contributed by atoms with Crippen molar-refractivity contribution in [1.82, 2.24) is 29.4 Å². The third-order valence-corrected chi connectivity index (χ3v) is 6.96. The number of aryl methyl sites for hydroxylation is 1. The van der Waals surface area contributed by atoms with Gasteiger partial charge in [-0.1, -0.05) is 0 Å². The molecule has 0 unspecified atom stereocenters. The molecule has 180 valence electrons. The summed E-state index contributed by atoms with van der Waals surface area (Å²) in [5, 5.41) is 4.56. The summed E-state index contributed by atoms with van der Waals surface area (Å²) in [6, 6.07) is 6.64. The maximum atomic E-state index is 6.09. The molecule has 10 heteroatoms. The zero-order chi connectivity index (χ0) is 23.5. The Hall–Kier alpha value is -2.66. The van der Waals surface area contributed by atoms with Gasteiger partial charge in [-0.2, -0.15) is 5.10 Å². The van der Waals surface area contributed by atoms with E-state index in [1.165, 1.54) is 0 Å². The third kappa shape index (κ3) is 5.35. The summed E-state index contributed by atoms with van der Waals surface area (Å²) in [6.07, 6.45) is 7.49. The van der Waals surface area contributed by atoms with E-state index in [4.69, 9.17) is 15.2 Å². The molecule has 5 rings (SSSR count). The molecule has 0 atom stereocenters. The number of nitrogens with zero attached hydrogens (tertiary/aromatic N) is 5. The molecule has 2 saturated heterocycles. The van der Waals surface area contributed by atoms with Gasteiger partial charge in [0, 0.05) is 36.0 Å². The molecule has 3 N–H and O–H groups in total. The molecule has 2 fully saturated rings. The fraction of sp³-hybridized carbons (Fsp3) is 0.458. The summed E-state index contributed by atoms with van der Waals surface area (Å²) in [4.78, 5) is 12.6. The van der Waals surface area contributed by atoms with Crippen LogP contribution in [-0.2, 0) is 4.74 Å². The van der Waals surface area contributed by atoms with E-state index in [0.29, 0.717) is 29.3 Å². The van der Waals surface area contributed by atoms with Gasteiger partial charge in [0.1, 0.15) is 0 Å². The molecule has 9 nitrogen and oxygen atoms in total. The van der Waals surface area contributed by atoms with E-state index in [1.807, 2.05) is 17.9 Å². The normalized spacial score (nSPS) is 17.6. The van der Waals surface area contributed by atoms with Crippen LogP contribution in [0.3, 0.4) is 0 Å². The zero-order valence-electron chi connectivity index (χ0n) is 19.6. The Bertz CT molecular complexity index is 1130. The number of rotatable bonds is 8. The number of nitrogen functional groups attached to an aromatic ring is 1. The van der Waals surface area contributed by atoms with Crippen LogP contribution in [-0.4, -0.2) is 64.5 Å². The minimum atomic E-state index is 0.252. The second-order valence-electron chi connectivity index (χ2n) is 8.98. The lowest BCUT2D eigenvalue weighted by Crippen LogP contribution is -2.43. The topological polar surface area (TPSA) is 103 Å². The molecule has 0 amide bonds. The van der Waals surface area contributed by atoms with Crippen LogP contribution in [0.1, 0.15) is 24.4 Å². The molecule has 0 spiro atoms. The van der Waals surface area contributed by atoms with Crippen LogP contribution in [0, 0.1) is 12.8 Å². The van der Waals surface area contributed by atoms with E-state index >= 15 is 0 Å². The third-order valence-electron chi connectivity index (χ3n) is 6.28. The van der Waals surface area contributed by atoms with Gasteiger partial charge in [0.15, 0.2) is 11.6 Å². The maximum Gasteiger partial charge on any atom is 0.263 e. The minimum Gasteiger partial charge on any atom is -0.433 e. The Morgan fingerprint density at radius 2 is 2.03 bits per heavy atom. The molecule has 2 aliphatic heterocycles. The Labute approximate surface area is 204 Å². The molecule has 4 heterocycles. The largest absolute Gasteiger partial charge is 0.433 e. The summed E-state index contributed by atoms with van der Waals surface area (Å²) in [5.74, 6) is 1.86. The molecule has 0 bridgehead atoms. The molecule has 2 aromatic heterocycles. The van der Waals surface area contributed by atoms with Crippen molar-refractivity contribution in [3.63, 3.8) is 0 Å². The monoisotopic (exact) mass is 481 g/mol. The summed E-state index contributed by atoms with van der Waals surface area (Å²) < 4.78 is 16.4. The smallest absolute Gasteiger partial charge is 0.263 e. The Morgan fingerprint density at radius 1 is 1.21 bits per heavy atom. The number of hydrogen-bond acceptors (Lipinski definition) is 9. The van der Waals surface area contributed by atoms with Crippen molar-refractivity contribution in [3.8, 4) is 22.9 Å². The highest BCUT2D eigenvalue weighted by Crippen LogP contribution is 2.31. The first-order chi connectivity index (χ1) is 16.6. The van der Waals surface area contributed by atoms with E-state index in [0.717, 1.165) is 61.7 Å². The number of hydrogen-bond donors (Lipinski definition) is 2. The SMILES string of the molecule is CNSc1cc(C)cc(-c2cnc(N)c(Oc3cnn(C4CCN(CC5COC5)CC4)c3)n2)c1. The lowest BCUT2D eigenvalue weighted by Gasteiger charge is -2.36. The van der Waals surface area contributed by atoms with Gasteiger partial charge in [-0.05, 0) is 62.5 Å². The first kappa shape index (κ1) is 23.1. The predicted octanol–water partition coefficient (Wildman–Crippen LogP) is 3.53. The summed E-state index contributed by atoms with van der Waals surface area (Å²) in [5.41, 5.74) is 8.91. The lowest BCUT2D eigenvalue weighted by atomic mass is 10.0. The average molecular weight is 482 g/mol. The van der Waals surface area contributed by atoms with Crippen LogP contribution in [0.5, 0.6) is 11.6 Å². The minimum absolute atomic E-state index is 0.252. The highest BCUT2D eigenvalue weighted by Gasteiger charge is 2.26. The van der Waals surface area contributed by atoms with Crippen molar-refractivity contribution in [3.05, 3.63) is 42.4 Å². The van der Waals surface area contributed by atoms with Gasteiger partial charge in [0.2, 0.25) is 0 Å². The fourth-order valence-electron chi connectivity index (χ4n) is 4.47. The Balaban J connectivity index is 1.26. The number of benzene rings is 1. The molecule has 1 aromatic carbocycles. The first-order valence-electron chi connectivity index (χ1n) is 11.7. The predicted molar refractivity (Wildman–Crippen MR) is 133 cm³/mol. The van der Waals surface area contributed by atoms with Crippen molar-refractivity contribution in [2.75, 3.05) is 45.6 Å². The highest BCUT2D eigenvalue weighted by atomic mass is 32.2. The van der Waals surface area contributed by atoms with Gasteiger partial charge in [-0.15, -0.1) is 0 Å². The Morgan fingerprint density at radius 3 is 2.76 bits per heavy atom. The molecule has 0 saturated carbocycles. The van der Waals surface area contributed by atoms with Crippen LogP contribution < -0.4 is 15.2 Å². The van der Waals surface area contributed by atoms with Gasteiger partial charge in [0.25, 0.3) is 5.88 Å². The second kappa shape index (κ2) is 10.3. The zero-order valence-corrected chi connectivity index (χ0v) is 20.4. The number of nitrogens with one attached hydrogen (secondary N) is 1. The van der Waals surface area contributed by atoms with Gasteiger partial charge in [-0.25, -0.2) is 9.97 Å². The van der Waals surface area contributed by atoms with E-state index < -0.39 is 0 Å². The van der Waals surface area contributed by atoms with E-state index in [9.17, 15) is 0 Å². The average Bonchev–Trinajstić information content (AvgIpc) is 3.26. The van der Waals surface area contributed by atoms with E-state index in [1.54, 1.807) is 24.3 Å². The molecule has 0 radical (unpaired) electrons. The number of ether oxygens (including phenoxy) is 2. The van der Waals surface area contributed by atoms with Crippen molar-refractivity contribution in [1.29, 1.82) is 0 Å². The summed E-state index contributed by atoms with van der Waals surface area (Å²) in [6.45, 7) is 7.19. The van der Waals surface area contributed by atoms with E-state index in [2.05, 4.69) is 49.8 Å². The number of anilines is 1. The molecular weight excluding hydrogens is 450 g/mol. The Kier molecular flexibility index (Phi) is 7.00. The second-order valence-corrected chi connectivity index (χ2v) is 10.1. The number of likely N-dealkylation sites (tertiary alicyclic amines) is 1. The van der Waals surface area contributed by atoms with Crippen molar-refractivity contribution < 1.29 is 9.47 Å². The van der Waals surface area contributed by atoms with Crippen molar-refractivity contribution >= 4 is 17.8 Å². The molecule has 3 aromatic rings. The van der Waals surface area contributed by atoms with E-state index in [-0.39, 0.29) is 5.82 Å².